The van der Waals surface area contributed by atoms with E-state index in [0.717, 1.165) is 31.1 Å². The number of nitrogens with zero attached hydrogens (tertiary/aromatic N) is 5. The van der Waals surface area contributed by atoms with Gasteiger partial charge in [0.2, 0.25) is 0 Å². The zero-order valence-corrected chi connectivity index (χ0v) is 17.0. The minimum Gasteiger partial charge on any atom is -0.321 e. The Kier molecular flexibility index (Phi) is 4.88. The molecule has 0 bridgehead atoms. The van der Waals surface area contributed by atoms with E-state index in [1.165, 1.54) is 16.8 Å². The number of benzene rings is 1. The summed E-state index contributed by atoms with van der Waals surface area (Å²) in [5, 5.41) is 12.0. The highest BCUT2D eigenvalue weighted by Gasteiger charge is 2.23. The van der Waals surface area contributed by atoms with Crippen molar-refractivity contribution in [1.82, 2.24) is 24.4 Å². The maximum absolute atomic E-state index is 13.8. The summed E-state index contributed by atoms with van der Waals surface area (Å²) in [5.41, 5.74) is 0.893. The zero-order chi connectivity index (χ0) is 21.5. The molecule has 4 aromatic rings. The number of amides is 1. The molecular weight excluding hydrogens is 402 g/mol. The molecule has 1 aromatic carbocycles. The van der Waals surface area contributed by atoms with Gasteiger partial charge in [0, 0.05) is 29.5 Å². The van der Waals surface area contributed by atoms with E-state index in [4.69, 9.17) is 0 Å². The van der Waals surface area contributed by atoms with Gasteiger partial charge in [0.05, 0.1) is 23.4 Å². The van der Waals surface area contributed by atoms with Gasteiger partial charge in [0.25, 0.3) is 12.3 Å². The number of fused-ring (bicyclic) bond motifs is 2. The molecule has 0 spiro atoms. The highest BCUT2D eigenvalue weighted by Crippen LogP contribution is 2.35. The van der Waals surface area contributed by atoms with Crippen LogP contribution in [0.4, 0.5) is 14.5 Å². The molecule has 0 atom stereocenters. The predicted octanol–water partition coefficient (Wildman–Crippen LogP) is 5.02. The Morgan fingerprint density at radius 3 is 2.81 bits per heavy atom. The van der Waals surface area contributed by atoms with Crippen molar-refractivity contribution < 1.29 is 13.6 Å². The molecule has 31 heavy (non-hydrogen) atoms. The first kappa shape index (κ1) is 19.6. The molecule has 160 valence electrons. The van der Waals surface area contributed by atoms with E-state index in [2.05, 4.69) is 27.4 Å². The van der Waals surface area contributed by atoms with Crippen LogP contribution in [0.15, 0.2) is 43.0 Å². The van der Waals surface area contributed by atoms with Gasteiger partial charge in [-0.1, -0.05) is 6.92 Å². The molecule has 0 aliphatic heterocycles. The van der Waals surface area contributed by atoms with Gasteiger partial charge in [-0.15, -0.1) is 0 Å². The lowest BCUT2D eigenvalue weighted by molar-refractivity contribution is 0.102. The summed E-state index contributed by atoms with van der Waals surface area (Å²) in [6.45, 7) is 2.25. The smallest absolute Gasteiger partial charge is 0.265 e. The van der Waals surface area contributed by atoms with Crippen molar-refractivity contribution in [3.05, 3.63) is 54.1 Å². The van der Waals surface area contributed by atoms with E-state index < -0.39 is 12.3 Å². The largest absolute Gasteiger partial charge is 0.321 e. The average Bonchev–Trinajstić information content (AvgIpc) is 3.37. The van der Waals surface area contributed by atoms with Crippen molar-refractivity contribution in [2.45, 2.75) is 45.1 Å². The zero-order valence-electron chi connectivity index (χ0n) is 17.0. The average molecular weight is 424 g/mol. The molecule has 5 rings (SSSR count). The number of carbonyl (C=O) groups is 1. The molecule has 1 N–H and O–H groups in total. The molecule has 0 radical (unpaired) electrons. The van der Waals surface area contributed by atoms with Gasteiger partial charge >= 0.3 is 0 Å². The summed E-state index contributed by atoms with van der Waals surface area (Å²) < 4.78 is 30.9. The van der Waals surface area contributed by atoms with Gasteiger partial charge in [0.15, 0.2) is 5.65 Å². The van der Waals surface area contributed by atoms with Crippen LogP contribution in [0.25, 0.3) is 16.6 Å². The van der Waals surface area contributed by atoms with E-state index in [9.17, 15) is 13.6 Å². The van der Waals surface area contributed by atoms with Gasteiger partial charge in [-0.3, -0.25) is 9.48 Å². The number of rotatable bonds is 4. The first-order valence-corrected chi connectivity index (χ1v) is 10.4. The molecule has 0 unspecified atom stereocenters. The number of halogens is 2. The van der Waals surface area contributed by atoms with Gasteiger partial charge in [-0.05, 0) is 49.8 Å². The summed E-state index contributed by atoms with van der Waals surface area (Å²) in [5.74, 6) is 0.173. The SMILES string of the molecule is C[C@H]1CC[C@H](n2cc3cc(NC(=O)c4cnn5cccnc45)c(C(F)F)cc3n2)CC1. The van der Waals surface area contributed by atoms with Crippen LogP contribution in [0.2, 0.25) is 0 Å². The number of aromatic nitrogens is 5. The molecule has 1 saturated carbocycles. The van der Waals surface area contributed by atoms with E-state index >= 15 is 0 Å². The molecular formula is C22H22F2N6O. The number of alkyl halides is 2. The number of carbonyl (C=O) groups excluding carboxylic acids is 1. The van der Waals surface area contributed by atoms with Crippen molar-refractivity contribution >= 4 is 28.1 Å². The van der Waals surface area contributed by atoms with Gasteiger partial charge in [-0.25, -0.2) is 18.3 Å². The van der Waals surface area contributed by atoms with E-state index in [1.54, 1.807) is 24.5 Å². The third-order valence-corrected chi connectivity index (χ3v) is 6.06. The van der Waals surface area contributed by atoms with E-state index in [-0.39, 0.29) is 22.9 Å². The van der Waals surface area contributed by atoms with Crippen molar-refractivity contribution in [3.63, 3.8) is 0 Å². The molecule has 1 amide bonds. The molecule has 7 nitrogen and oxygen atoms in total. The summed E-state index contributed by atoms with van der Waals surface area (Å²) >= 11 is 0. The number of hydrogen-bond acceptors (Lipinski definition) is 4. The van der Waals surface area contributed by atoms with E-state index in [1.807, 2.05) is 10.9 Å². The summed E-state index contributed by atoms with van der Waals surface area (Å²) in [6, 6.07) is 4.91. The van der Waals surface area contributed by atoms with Crippen molar-refractivity contribution in [2.75, 3.05) is 5.32 Å². The topological polar surface area (TPSA) is 77.1 Å². The molecule has 0 saturated heterocycles. The highest BCUT2D eigenvalue weighted by molar-refractivity contribution is 6.09. The second-order valence-corrected chi connectivity index (χ2v) is 8.22. The van der Waals surface area contributed by atoms with Crippen LogP contribution < -0.4 is 5.32 Å². The van der Waals surface area contributed by atoms with Gasteiger partial charge < -0.3 is 5.32 Å². The Morgan fingerprint density at radius 2 is 2.03 bits per heavy atom. The van der Waals surface area contributed by atoms with Crippen LogP contribution in [0.5, 0.6) is 0 Å². The fraction of sp³-hybridized carbons (Fsp3) is 0.364. The molecule has 1 fully saturated rings. The normalized spacial score (nSPS) is 19.4. The van der Waals surface area contributed by atoms with Crippen LogP contribution in [0.3, 0.4) is 0 Å². The molecule has 1 aliphatic carbocycles. The fourth-order valence-electron chi connectivity index (χ4n) is 4.27. The monoisotopic (exact) mass is 424 g/mol. The predicted molar refractivity (Wildman–Crippen MR) is 112 cm³/mol. The van der Waals surface area contributed by atoms with Crippen molar-refractivity contribution in [2.24, 2.45) is 5.92 Å². The maximum atomic E-state index is 13.8. The maximum Gasteiger partial charge on any atom is 0.265 e. The Labute approximate surface area is 177 Å². The minimum atomic E-state index is -2.75. The molecule has 9 heteroatoms. The Balaban J connectivity index is 1.48. The summed E-state index contributed by atoms with van der Waals surface area (Å²) in [7, 11) is 0. The van der Waals surface area contributed by atoms with Crippen molar-refractivity contribution in [1.29, 1.82) is 0 Å². The van der Waals surface area contributed by atoms with Crippen molar-refractivity contribution in [3.8, 4) is 0 Å². The number of nitrogens with one attached hydrogen (secondary N) is 1. The third-order valence-electron chi connectivity index (χ3n) is 6.06. The quantitative estimate of drug-likeness (QED) is 0.499. The standard InChI is InChI=1S/C22H22F2N6O/c1-13-3-5-15(6-4-13)30-12-14-9-19(16(20(23)24)10-18(14)28-30)27-22(31)17-11-26-29-8-2-7-25-21(17)29/h2,7-13,15,20H,3-6H2,1H3,(H,27,31)/t13-,15-. The fourth-order valence-corrected chi connectivity index (χ4v) is 4.27. The first-order valence-electron chi connectivity index (χ1n) is 10.4. The lowest BCUT2D eigenvalue weighted by Gasteiger charge is -2.26. The summed E-state index contributed by atoms with van der Waals surface area (Å²) in [4.78, 5) is 17.0. The number of hydrogen-bond donors (Lipinski definition) is 1. The Hall–Kier alpha value is -3.36. The molecule has 3 heterocycles. The Bertz CT molecular complexity index is 1260. The van der Waals surface area contributed by atoms with Crippen LogP contribution >= 0.6 is 0 Å². The van der Waals surface area contributed by atoms with Gasteiger partial charge in [-0.2, -0.15) is 10.2 Å². The first-order chi connectivity index (χ1) is 15.0. The van der Waals surface area contributed by atoms with Crippen LogP contribution in [-0.4, -0.2) is 30.3 Å². The van der Waals surface area contributed by atoms with Crippen LogP contribution in [0, 0.1) is 5.92 Å². The molecule has 1 aliphatic rings. The highest BCUT2D eigenvalue weighted by atomic mass is 19.3. The van der Waals surface area contributed by atoms with E-state index in [0.29, 0.717) is 17.1 Å². The van der Waals surface area contributed by atoms with Crippen LogP contribution in [-0.2, 0) is 0 Å². The second-order valence-electron chi connectivity index (χ2n) is 8.22. The van der Waals surface area contributed by atoms with Gasteiger partial charge in [0.1, 0.15) is 5.56 Å². The lowest BCUT2D eigenvalue weighted by atomic mass is 9.87. The Morgan fingerprint density at radius 1 is 1.23 bits per heavy atom. The lowest BCUT2D eigenvalue weighted by Crippen LogP contribution is -2.16. The molecule has 3 aromatic heterocycles. The van der Waals surface area contributed by atoms with Crippen LogP contribution in [0.1, 0.15) is 61.0 Å². The number of anilines is 1. The third kappa shape index (κ3) is 3.64. The second kappa shape index (κ2) is 7.72. The minimum absolute atomic E-state index is 0.0691. The summed E-state index contributed by atoms with van der Waals surface area (Å²) in [6.07, 6.45) is 8.06.